The topological polar surface area (TPSA) is 0 Å². The van der Waals surface area contributed by atoms with Crippen LogP contribution >= 0.6 is 0 Å². The molecule has 0 saturated heterocycles. The van der Waals surface area contributed by atoms with Crippen molar-refractivity contribution in [2.24, 2.45) is 35.5 Å². The van der Waals surface area contributed by atoms with Crippen LogP contribution < -0.4 is 0 Å². The van der Waals surface area contributed by atoms with Crippen molar-refractivity contribution in [3.63, 3.8) is 0 Å². The largest absolute Gasteiger partial charge is 2.00 e. The maximum Gasteiger partial charge on any atom is 2.00 e. The van der Waals surface area contributed by atoms with Crippen molar-refractivity contribution in [3.05, 3.63) is 45.6 Å². The summed E-state index contributed by atoms with van der Waals surface area (Å²) in [5, 5.41) is 0. The molecule has 0 aromatic heterocycles. The van der Waals surface area contributed by atoms with Crippen LogP contribution in [0.15, 0.2) is 33.4 Å². The zero-order valence-corrected chi connectivity index (χ0v) is 25.1. The summed E-state index contributed by atoms with van der Waals surface area (Å²) in [6.45, 7) is 27.5. The Morgan fingerprint density at radius 3 is 0.897 bits per heavy atom. The monoisotopic (exact) mass is 470 g/mol. The van der Waals surface area contributed by atoms with Crippen LogP contribution in [0.1, 0.15) is 95.9 Å². The fraction of sp³-hybridized carbons (Fsp3) is 0.714. The van der Waals surface area contributed by atoms with Crippen molar-refractivity contribution in [1.82, 2.24) is 0 Å². The van der Waals surface area contributed by atoms with Gasteiger partial charge in [0.25, 0.3) is 0 Å². The van der Waals surface area contributed by atoms with E-state index in [4.69, 9.17) is 0 Å². The van der Waals surface area contributed by atoms with Gasteiger partial charge >= 0.3 is 45.5 Å². The van der Waals surface area contributed by atoms with E-state index in [1.165, 1.54) is 11.1 Å². The van der Waals surface area contributed by atoms with Crippen LogP contribution in [0.25, 0.3) is 0 Å². The van der Waals surface area contributed by atoms with Gasteiger partial charge in [0, 0.05) is 0 Å². The van der Waals surface area contributed by atoms with Crippen LogP contribution in [0.3, 0.4) is 0 Å². The number of rotatable bonds is 6. The summed E-state index contributed by atoms with van der Waals surface area (Å²) >= 11 is 0. The average molecular weight is 470 g/mol. The summed E-state index contributed by atoms with van der Waals surface area (Å²) in [4.78, 5) is 0. The zero-order valence-electron chi connectivity index (χ0n) is 21.6. The van der Waals surface area contributed by atoms with Gasteiger partial charge in [0.2, 0.25) is 0 Å². The Kier molecular flexibility index (Phi) is 13.3. The Labute approximate surface area is 220 Å². The Bertz CT molecular complexity index is 588. The molecule has 0 saturated carbocycles. The Balaban J connectivity index is 0.000000523. The summed E-state index contributed by atoms with van der Waals surface area (Å²) in [6, 6.07) is 0. The number of allylic oxidation sites excluding steroid dienone is 8. The van der Waals surface area contributed by atoms with Crippen molar-refractivity contribution < 1.29 is 0 Å². The van der Waals surface area contributed by atoms with E-state index >= 15 is 0 Å². The summed E-state index contributed by atoms with van der Waals surface area (Å²) < 4.78 is 0. The molecule has 0 aliphatic heterocycles. The molecule has 0 aromatic carbocycles. The molecule has 160 valence electrons. The molecule has 0 N–H and O–H groups in total. The van der Waals surface area contributed by atoms with Gasteiger partial charge in [0.15, 0.2) is 0 Å². The molecule has 0 heterocycles. The van der Waals surface area contributed by atoms with Crippen LogP contribution in [0, 0.1) is 47.7 Å². The van der Waals surface area contributed by atoms with Crippen molar-refractivity contribution in [2.45, 2.75) is 95.9 Å². The predicted octanol–water partition coefficient (Wildman–Crippen LogP) is 8.39. The van der Waals surface area contributed by atoms with Gasteiger partial charge in [-0.05, 0) is 11.8 Å². The summed E-state index contributed by atoms with van der Waals surface area (Å²) in [6.07, 6.45) is 9.26. The van der Waals surface area contributed by atoms with Gasteiger partial charge in [0.1, 0.15) is 0 Å². The quantitative estimate of drug-likeness (QED) is 0.270. The van der Waals surface area contributed by atoms with Crippen molar-refractivity contribution in [1.29, 1.82) is 0 Å². The molecule has 0 nitrogen and oxygen atoms in total. The molecule has 0 radical (unpaired) electrons. The van der Waals surface area contributed by atoms with E-state index < -0.39 is 0 Å². The molecule has 0 atom stereocenters. The van der Waals surface area contributed by atoms with E-state index in [0.717, 1.165) is 12.8 Å². The van der Waals surface area contributed by atoms with Crippen molar-refractivity contribution in [3.8, 4) is 0 Å². The fourth-order valence-corrected chi connectivity index (χ4v) is 4.53. The molecule has 1 heteroatoms. The molecule has 2 aliphatic rings. The summed E-state index contributed by atoms with van der Waals surface area (Å²) in [5.74, 6) is 3.92. The smallest absolute Gasteiger partial charge is 0.269 e. The van der Waals surface area contributed by atoms with E-state index in [0.29, 0.717) is 35.5 Å². The molecule has 0 fully saturated rings. The molecular weight excluding hydrogens is 424 g/mol. The normalized spacial score (nSPS) is 17.0. The molecule has 0 spiro atoms. The predicted molar refractivity (Wildman–Crippen MR) is 132 cm³/mol. The molecule has 0 aromatic rings. The van der Waals surface area contributed by atoms with Gasteiger partial charge in [-0.25, -0.2) is 11.1 Å². The maximum absolute atomic E-state index is 3.56. The van der Waals surface area contributed by atoms with Crippen molar-refractivity contribution in [2.75, 3.05) is 0 Å². The SMILES string of the molecule is CC(C)C1=[C-]CC(C(C)C)=C1C(C)C.CC(C)C1=[C-]CC(C(C)C)=C1C(C)C.[Sr+2]. The van der Waals surface area contributed by atoms with Crippen molar-refractivity contribution >= 4 is 45.5 Å². The van der Waals surface area contributed by atoms with E-state index in [9.17, 15) is 0 Å². The first-order valence-corrected chi connectivity index (χ1v) is 11.6. The fourth-order valence-electron chi connectivity index (χ4n) is 4.53. The third-order valence-corrected chi connectivity index (χ3v) is 5.91. The van der Waals surface area contributed by atoms with Gasteiger partial charge in [-0.3, -0.25) is 12.2 Å². The molecule has 0 amide bonds. The second-order valence-corrected chi connectivity index (χ2v) is 10.3. The van der Waals surface area contributed by atoms with E-state index in [2.05, 4.69) is 95.2 Å². The second kappa shape index (κ2) is 13.1. The van der Waals surface area contributed by atoms with Crippen LogP contribution in [-0.2, 0) is 0 Å². The Morgan fingerprint density at radius 1 is 0.448 bits per heavy atom. The van der Waals surface area contributed by atoms with E-state index in [1.807, 2.05) is 0 Å². The van der Waals surface area contributed by atoms with Gasteiger partial charge in [-0.15, -0.1) is 12.8 Å². The van der Waals surface area contributed by atoms with Gasteiger partial charge in [-0.1, -0.05) is 107 Å². The first kappa shape index (κ1) is 29.4. The van der Waals surface area contributed by atoms with E-state index in [1.54, 1.807) is 22.3 Å². The first-order chi connectivity index (χ1) is 12.9. The minimum absolute atomic E-state index is 0. The van der Waals surface area contributed by atoms with Crippen LogP contribution in [0.5, 0.6) is 0 Å². The molecule has 29 heavy (non-hydrogen) atoms. The number of hydrogen-bond acceptors (Lipinski definition) is 0. The third kappa shape index (κ3) is 7.81. The second-order valence-electron chi connectivity index (χ2n) is 10.3. The zero-order chi connectivity index (χ0) is 21.8. The summed E-state index contributed by atoms with van der Waals surface area (Å²) in [7, 11) is 0. The molecule has 0 unspecified atom stereocenters. The van der Waals surface area contributed by atoms with Gasteiger partial charge in [0.05, 0.1) is 0 Å². The minimum atomic E-state index is 0. The van der Waals surface area contributed by atoms with E-state index in [-0.39, 0.29) is 45.5 Å². The van der Waals surface area contributed by atoms with Crippen LogP contribution in [0.2, 0.25) is 0 Å². The molecule has 2 aliphatic carbocycles. The molecule has 2 rings (SSSR count). The minimum Gasteiger partial charge on any atom is -0.269 e. The Morgan fingerprint density at radius 2 is 0.724 bits per heavy atom. The maximum atomic E-state index is 3.56. The Hall–Kier alpha value is 0.441. The summed E-state index contributed by atoms with van der Waals surface area (Å²) in [5.41, 5.74) is 9.37. The standard InChI is InChI=1S/2C14H23.Sr/c2*1-9(2)12-7-8-13(10(3)4)14(12)11(5)6;/h2*9-11H,7H2,1-6H3;/q2*-1;+2. The van der Waals surface area contributed by atoms with Crippen LogP contribution in [0.4, 0.5) is 0 Å². The average Bonchev–Trinajstić information content (AvgIpc) is 3.20. The molecular formula is C28H46Sr. The van der Waals surface area contributed by atoms with Crippen LogP contribution in [-0.4, -0.2) is 45.5 Å². The van der Waals surface area contributed by atoms with Gasteiger partial charge < -0.3 is 0 Å². The first-order valence-electron chi connectivity index (χ1n) is 11.6. The third-order valence-electron chi connectivity index (χ3n) is 5.91. The molecule has 0 bridgehead atoms. The van der Waals surface area contributed by atoms with Gasteiger partial charge in [-0.2, -0.15) is 22.3 Å². The number of hydrogen-bond donors (Lipinski definition) is 0.